The smallest absolute Gasteiger partial charge is 0.220 e. The second-order valence-electron chi connectivity index (χ2n) is 6.02. The molecule has 1 saturated heterocycles. The Bertz CT molecular complexity index is 438. The molecule has 110 valence electrons. The van der Waals surface area contributed by atoms with Crippen LogP contribution in [0.15, 0.2) is 24.3 Å². The van der Waals surface area contributed by atoms with Crippen LogP contribution in [0.5, 0.6) is 0 Å². The fourth-order valence-corrected chi connectivity index (χ4v) is 2.91. The van der Waals surface area contributed by atoms with Gasteiger partial charge in [-0.3, -0.25) is 4.79 Å². The maximum Gasteiger partial charge on any atom is 0.220 e. The number of amides is 1. The fraction of sp³-hybridized carbons (Fsp3) is 0.588. The molecule has 2 N–H and O–H groups in total. The van der Waals surface area contributed by atoms with Gasteiger partial charge in [-0.1, -0.05) is 24.3 Å². The van der Waals surface area contributed by atoms with Crippen LogP contribution in [0, 0.1) is 12.8 Å². The van der Waals surface area contributed by atoms with Gasteiger partial charge in [0.15, 0.2) is 0 Å². The Morgan fingerprint density at radius 3 is 2.95 bits per heavy atom. The lowest BCUT2D eigenvalue weighted by Gasteiger charge is -2.23. The lowest BCUT2D eigenvalue weighted by molar-refractivity contribution is -0.122. The molecule has 2 atom stereocenters. The van der Waals surface area contributed by atoms with Crippen LogP contribution in [-0.2, 0) is 11.2 Å². The molecular formula is C17H26N2O. The zero-order valence-electron chi connectivity index (χ0n) is 12.6. The molecule has 3 heteroatoms. The summed E-state index contributed by atoms with van der Waals surface area (Å²) in [4.78, 5) is 12.1. The van der Waals surface area contributed by atoms with Gasteiger partial charge in [-0.2, -0.15) is 0 Å². The molecule has 0 bridgehead atoms. The number of piperidine rings is 1. The number of hydrogen-bond donors (Lipinski definition) is 2. The standard InChI is InChI=1S/C17H26N2O/c1-13-6-3-4-8-16(13)10-14(2)19-17(20)11-15-7-5-9-18-12-15/h3-4,6,8,14-15,18H,5,7,9-12H2,1-2H3,(H,19,20). The predicted octanol–water partition coefficient (Wildman–Crippen LogP) is 2.43. The van der Waals surface area contributed by atoms with Crippen molar-refractivity contribution in [1.82, 2.24) is 10.6 Å². The number of aryl methyl sites for hydroxylation is 1. The van der Waals surface area contributed by atoms with Crippen LogP contribution in [-0.4, -0.2) is 25.0 Å². The third-order valence-corrected chi connectivity index (χ3v) is 4.07. The van der Waals surface area contributed by atoms with Crippen LogP contribution in [0.1, 0.15) is 37.3 Å². The van der Waals surface area contributed by atoms with Crippen molar-refractivity contribution in [2.24, 2.45) is 5.92 Å². The first-order valence-electron chi connectivity index (χ1n) is 7.69. The second-order valence-corrected chi connectivity index (χ2v) is 6.02. The maximum atomic E-state index is 12.1. The summed E-state index contributed by atoms with van der Waals surface area (Å²) in [5.74, 6) is 0.703. The first-order chi connectivity index (χ1) is 9.65. The number of benzene rings is 1. The van der Waals surface area contributed by atoms with E-state index in [1.165, 1.54) is 24.0 Å². The Morgan fingerprint density at radius 2 is 2.25 bits per heavy atom. The van der Waals surface area contributed by atoms with E-state index in [0.29, 0.717) is 12.3 Å². The van der Waals surface area contributed by atoms with Gasteiger partial charge >= 0.3 is 0 Å². The van der Waals surface area contributed by atoms with Gasteiger partial charge in [-0.15, -0.1) is 0 Å². The Balaban J connectivity index is 1.77. The van der Waals surface area contributed by atoms with Gasteiger partial charge in [0.1, 0.15) is 0 Å². The molecule has 3 nitrogen and oxygen atoms in total. The van der Waals surface area contributed by atoms with Gasteiger partial charge in [0.2, 0.25) is 5.91 Å². The summed E-state index contributed by atoms with van der Waals surface area (Å²) in [7, 11) is 0. The van der Waals surface area contributed by atoms with E-state index >= 15 is 0 Å². The average Bonchev–Trinajstić information content (AvgIpc) is 2.42. The van der Waals surface area contributed by atoms with Gasteiger partial charge in [0.25, 0.3) is 0 Å². The molecule has 1 aromatic carbocycles. The zero-order valence-corrected chi connectivity index (χ0v) is 12.6. The summed E-state index contributed by atoms with van der Waals surface area (Å²) < 4.78 is 0. The van der Waals surface area contributed by atoms with Crippen LogP contribution < -0.4 is 10.6 Å². The SMILES string of the molecule is Cc1ccccc1CC(C)NC(=O)CC1CCCNC1. The van der Waals surface area contributed by atoms with Crippen molar-refractivity contribution in [3.05, 3.63) is 35.4 Å². The van der Waals surface area contributed by atoms with E-state index in [1.54, 1.807) is 0 Å². The monoisotopic (exact) mass is 274 g/mol. The van der Waals surface area contributed by atoms with Crippen molar-refractivity contribution in [2.45, 2.75) is 45.6 Å². The molecule has 1 aromatic rings. The number of carbonyl (C=O) groups excluding carboxylic acids is 1. The summed E-state index contributed by atoms with van der Waals surface area (Å²) in [6.07, 6.45) is 3.93. The summed E-state index contributed by atoms with van der Waals surface area (Å²) >= 11 is 0. The highest BCUT2D eigenvalue weighted by Crippen LogP contribution is 2.14. The predicted molar refractivity (Wildman–Crippen MR) is 82.7 cm³/mol. The summed E-state index contributed by atoms with van der Waals surface area (Å²) in [5, 5.41) is 6.50. The van der Waals surface area contributed by atoms with E-state index < -0.39 is 0 Å². The molecule has 0 radical (unpaired) electrons. The summed E-state index contributed by atoms with van der Waals surface area (Å²) in [6.45, 7) is 6.29. The Hall–Kier alpha value is -1.35. The topological polar surface area (TPSA) is 41.1 Å². The number of rotatable bonds is 5. The second kappa shape index (κ2) is 7.44. The normalized spacial score (nSPS) is 20.4. The number of hydrogen-bond acceptors (Lipinski definition) is 2. The van der Waals surface area contributed by atoms with E-state index in [2.05, 4.69) is 48.7 Å². The third kappa shape index (κ3) is 4.64. The van der Waals surface area contributed by atoms with Crippen LogP contribution in [0.25, 0.3) is 0 Å². The molecule has 2 rings (SSSR count). The fourth-order valence-electron chi connectivity index (χ4n) is 2.91. The zero-order chi connectivity index (χ0) is 14.4. The van der Waals surface area contributed by atoms with Crippen molar-refractivity contribution in [3.8, 4) is 0 Å². The van der Waals surface area contributed by atoms with E-state index in [-0.39, 0.29) is 11.9 Å². The highest BCUT2D eigenvalue weighted by atomic mass is 16.1. The van der Waals surface area contributed by atoms with E-state index in [4.69, 9.17) is 0 Å². The van der Waals surface area contributed by atoms with Crippen molar-refractivity contribution in [3.63, 3.8) is 0 Å². The van der Waals surface area contributed by atoms with Gasteiger partial charge in [0, 0.05) is 12.5 Å². The molecule has 0 aliphatic carbocycles. The molecule has 1 aliphatic heterocycles. The maximum absolute atomic E-state index is 12.1. The van der Waals surface area contributed by atoms with Crippen LogP contribution in [0.2, 0.25) is 0 Å². The molecule has 2 unspecified atom stereocenters. The largest absolute Gasteiger partial charge is 0.353 e. The van der Waals surface area contributed by atoms with Crippen LogP contribution >= 0.6 is 0 Å². The van der Waals surface area contributed by atoms with Gasteiger partial charge in [-0.25, -0.2) is 0 Å². The van der Waals surface area contributed by atoms with E-state index in [0.717, 1.165) is 19.5 Å². The van der Waals surface area contributed by atoms with E-state index in [9.17, 15) is 4.79 Å². The highest BCUT2D eigenvalue weighted by molar-refractivity contribution is 5.76. The minimum absolute atomic E-state index is 0.194. The average molecular weight is 274 g/mol. The molecule has 0 saturated carbocycles. The third-order valence-electron chi connectivity index (χ3n) is 4.07. The van der Waals surface area contributed by atoms with Gasteiger partial charge in [0.05, 0.1) is 0 Å². The quantitative estimate of drug-likeness (QED) is 0.866. The number of carbonyl (C=O) groups is 1. The molecular weight excluding hydrogens is 248 g/mol. The minimum Gasteiger partial charge on any atom is -0.353 e. The summed E-state index contributed by atoms with van der Waals surface area (Å²) in [5.41, 5.74) is 2.62. The first kappa shape index (κ1) is 15.0. The molecule has 0 aromatic heterocycles. The lowest BCUT2D eigenvalue weighted by Crippen LogP contribution is -2.38. The van der Waals surface area contributed by atoms with Crippen LogP contribution in [0.3, 0.4) is 0 Å². The van der Waals surface area contributed by atoms with E-state index in [1.807, 2.05) is 0 Å². The molecule has 20 heavy (non-hydrogen) atoms. The lowest BCUT2D eigenvalue weighted by atomic mass is 9.95. The molecule has 1 aliphatic rings. The van der Waals surface area contributed by atoms with Gasteiger partial charge < -0.3 is 10.6 Å². The summed E-state index contributed by atoms with van der Waals surface area (Å²) in [6, 6.07) is 8.57. The molecule has 1 fully saturated rings. The number of nitrogens with one attached hydrogen (secondary N) is 2. The Morgan fingerprint density at radius 1 is 1.45 bits per heavy atom. The Labute approximate surface area is 122 Å². The van der Waals surface area contributed by atoms with Crippen molar-refractivity contribution < 1.29 is 4.79 Å². The van der Waals surface area contributed by atoms with Gasteiger partial charge in [-0.05, 0) is 63.2 Å². The molecule has 1 heterocycles. The van der Waals surface area contributed by atoms with Crippen molar-refractivity contribution in [1.29, 1.82) is 0 Å². The van der Waals surface area contributed by atoms with Crippen LogP contribution in [0.4, 0.5) is 0 Å². The molecule has 1 amide bonds. The van der Waals surface area contributed by atoms with Crippen molar-refractivity contribution in [2.75, 3.05) is 13.1 Å². The minimum atomic E-state index is 0.194. The first-order valence-corrected chi connectivity index (χ1v) is 7.69. The Kier molecular flexibility index (Phi) is 5.60. The molecule has 0 spiro atoms. The highest BCUT2D eigenvalue weighted by Gasteiger charge is 2.17. The van der Waals surface area contributed by atoms with Crippen molar-refractivity contribution >= 4 is 5.91 Å².